The van der Waals surface area contributed by atoms with Gasteiger partial charge in [-0.1, -0.05) is 11.5 Å². The van der Waals surface area contributed by atoms with Gasteiger partial charge in [0, 0.05) is 418 Å². The van der Waals surface area contributed by atoms with E-state index >= 15 is 0 Å². The summed E-state index contributed by atoms with van der Waals surface area (Å²) in [4.78, 5) is 0. The summed E-state index contributed by atoms with van der Waals surface area (Å²) in [5, 5.41) is 0. The van der Waals surface area contributed by atoms with Gasteiger partial charge in [-0.25, -0.2) is 0 Å². The summed E-state index contributed by atoms with van der Waals surface area (Å²) in [5.41, 5.74) is 227. The van der Waals surface area contributed by atoms with Crippen LogP contribution in [0.15, 0.2) is 535 Å². The average molecular weight is 1120 g/mol. The molecule has 0 rings (SSSR count). The van der Waals surface area contributed by atoms with Gasteiger partial charge >= 0.3 is 0 Å². The van der Waals surface area contributed by atoms with Gasteiger partial charge in [0.2, 0.25) is 0 Å². The molecule has 0 aliphatic heterocycles. The van der Waals surface area contributed by atoms with Crippen molar-refractivity contribution in [2.45, 2.75) is 0 Å². The first-order valence-electron chi connectivity index (χ1n) is 23.2. The fraction of sp³-hybridized carbons (Fsp3) is 0. The van der Waals surface area contributed by atoms with Crippen molar-refractivity contribution in [2.24, 2.45) is 0 Å². The Kier molecular flexibility index (Phi) is 56.1. The second kappa shape index (κ2) is 71.7. The van der Waals surface area contributed by atoms with E-state index in [2.05, 4.69) is 535 Å². The van der Waals surface area contributed by atoms with Gasteiger partial charge in [0.1, 0.15) is 0 Å². The molecule has 0 unspecified atom stereocenters. The molecule has 0 heteroatoms. The van der Waals surface area contributed by atoms with E-state index in [1.807, 2.05) is 0 Å². The zero-order valence-corrected chi connectivity index (χ0v) is 46.9. The normalized spacial score (nSPS) is 3.96. The molecule has 0 nitrogen and oxygen atoms in total. The number of hydrogen-bond acceptors (Lipinski definition) is 0. The van der Waals surface area contributed by atoms with Crippen LogP contribution in [-0.4, -0.2) is 0 Å². The molecule has 0 N–H and O–H groups in total. The molecule has 376 valence electrons. The van der Waals surface area contributed by atoms with Crippen molar-refractivity contribution in [1.82, 2.24) is 0 Å². The van der Waals surface area contributed by atoms with Crippen LogP contribution < -0.4 is 0 Å². The van der Waals surface area contributed by atoms with Crippen molar-refractivity contribution in [3.63, 3.8) is 0 Å². The van der Waals surface area contributed by atoms with Gasteiger partial charge in [0.25, 0.3) is 0 Å². The van der Waals surface area contributed by atoms with Gasteiger partial charge < -0.3 is 0 Å². The van der Waals surface area contributed by atoms with E-state index in [1.54, 1.807) is 0 Å². The van der Waals surface area contributed by atoms with Gasteiger partial charge in [0.05, 0.1) is 0 Å². The van der Waals surface area contributed by atoms with Crippen LogP contribution in [0.2, 0.25) is 0 Å². The second-order valence-corrected chi connectivity index (χ2v) is 11.5. The molecule has 0 aromatic heterocycles. The maximum absolute atomic E-state index is 3.32. The smallest absolute Gasteiger partial charge is 0 e. The summed E-state index contributed by atoms with van der Waals surface area (Å²) in [7, 11) is 0. The van der Waals surface area contributed by atoms with E-state index in [0.717, 1.165) is 0 Å². The van der Waals surface area contributed by atoms with Crippen LogP contribution in [0.3, 0.4) is 0 Å². The Morgan fingerprint density at radius 3 is 0.118 bits per heavy atom. The lowest BCUT2D eigenvalue weighted by atomic mass is 10.6. The Balaban J connectivity index is 6.17. The van der Waals surface area contributed by atoms with Gasteiger partial charge in [-0.3, -0.25) is 0 Å². The van der Waals surface area contributed by atoms with E-state index in [9.17, 15) is 0 Å². The molecule has 0 heterocycles. The van der Waals surface area contributed by atoms with Crippen LogP contribution >= 0.6 is 0 Å². The minimum atomic E-state index is 2.37. The predicted molar refractivity (Wildman–Crippen MR) is 331 cm³/mol. The second-order valence-electron chi connectivity index (χ2n) is 11.5. The van der Waals surface area contributed by atoms with E-state index in [0.29, 0.717) is 0 Å². The zero-order chi connectivity index (χ0) is 66.3. The summed E-state index contributed by atoms with van der Waals surface area (Å²) >= 11 is 0. The summed E-state index contributed by atoms with van der Waals surface area (Å²) < 4.78 is 0. The van der Waals surface area contributed by atoms with Crippen LogP contribution in [0.5, 0.6) is 0 Å². The topological polar surface area (TPSA) is 0 Å². The van der Waals surface area contributed by atoms with Crippen molar-refractivity contribution in [1.29, 1.82) is 0 Å². The Bertz CT molecular complexity index is 6880. The van der Waals surface area contributed by atoms with Crippen molar-refractivity contribution in [2.75, 3.05) is 0 Å². The Labute approximate surface area is 531 Å². The molecule has 0 saturated heterocycles. The Hall–Kier alpha value is -20.3. The molecule has 93 heavy (non-hydrogen) atoms. The first-order chi connectivity index (χ1) is 46.4. The van der Waals surface area contributed by atoms with Crippen LogP contribution in [-0.2, 0) is 0 Å². The third-order valence-electron chi connectivity index (χ3n) is 5.68. The fourth-order valence-electron chi connectivity index (χ4n) is 2.81. The van der Waals surface area contributed by atoms with Gasteiger partial charge in [-0.05, 0) is 105 Å². The molecule has 0 bridgehead atoms. The average Bonchev–Trinajstić information content (AvgIpc) is 3.58. The van der Waals surface area contributed by atoms with Crippen molar-refractivity contribution < 1.29 is 0 Å². The monoisotopic (exact) mass is 1120 g/mol. The number of hydrogen-bond donors (Lipinski definition) is 0. The van der Waals surface area contributed by atoms with Crippen molar-refractivity contribution in [3.05, 3.63) is 535 Å². The molecule has 0 aliphatic carbocycles. The van der Waals surface area contributed by atoms with Crippen molar-refractivity contribution >= 4 is 0 Å². The molecular formula is C93H4. The maximum Gasteiger partial charge on any atom is 0 e. The highest BCUT2D eigenvalue weighted by atomic mass is 13.5. The lowest BCUT2D eigenvalue weighted by Gasteiger charge is -1.41. The van der Waals surface area contributed by atoms with Crippen LogP contribution in [0.1, 0.15) is 0 Å². The van der Waals surface area contributed by atoms with Crippen molar-refractivity contribution in [3.8, 4) is 0 Å². The zero-order valence-electron chi connectivity index (χ0n) is 46.9. The quantitative estimate of drug-likeness (QED) is 0.212. The highest BCUT2D eigenvalue weighted by Gasteiger charge is 1.50. The van der Waals surface area contributed by atoms with E-state index in [4.69, 9.17) is 0 Å². The largest absolute Gasteiger partial charge is 0.0687 e. The minimum Gasteiger partial charge on any atom is -0.0687 e. The summed E-state index contributed by atoms with van der Waals surface area (Å²) in [6.07, 6.45) is 0. The Morgan fingerprint density at radius 1 is 0.0538 bits per heavy atom. The lowest BCUT2D eigenvalue weighted by molar-refractivity contribution is 2.10. The summed E-state index contributed by atoms with van der Waals surface area (Å²) in [5.74, 6) is 0. The molecule has 0 aromatic rings. The Morgan fingerprint density at radius 2 is 0.0860 bits per heavy atom. The molecule has 0 amide bonds. The lowest BCUT2D eigenvalue weighted by Crippen LogP contribution is -1.26. The third kappa shape index (κ3) is 71.7. The van der Waals surface area contributed by atoms with Gasteiger partial charge in [-0.2, -0.15) is 0 Å². The third-order valence-corrected chi connectivity index (χ3v) is 5.68. The van der Waals surface area contributed by atoms with Crippen LogP contribution in [0.4, 0.5) is 0 Å². The fourth-order valence-corrected chi connectivity index (χ4v) is 2.81. The maximum atomic E-state index is 3.32. The first-order valence-corrected chi connectivity index (χ1v) is 23.2. The summed E-state index contributed by atoms with van der Waals surface area (Å²) in [6, 6.07) is 0. The van der Waals surface area contributed by atoms with E-state index < -0.39 is 0 Å². The molecule has 0 atom stereocenters. The molecular weight excluding hydrogens is 1120 g/mol. The predicted octanol–water partition coefficient (Wildman–Crippen LogP) is 14.9. The molecule has 0 saturated carbocycles. The van der Waals surface area contributed by atoms with Crippen LogP contribution in [0.25, 0.3) is 0 Å². The van der Waals surface area contributed by atoms with Gasteiger partial charge in [0.15, 0.2) is 0 Å². The highest BCUT2D eigenvalue weighted by molar-refractivity contribution is 5.01. The summed E-state index contributed by atoms with van der Waals surface area (Å²) in [6.45, 7) is 6.63. The standard InChI is InChI=1S/C93H4/c1-3-5-7-9-11-13-15-17-19-21-23-25-27-29-31-33-35-37-39-41-43-45-47-49-51-53-55-57-59-61-63-65-67-69-71-73-75-77-79-81-83-85-87-89-91-93-92-90-88-86-84-82-80-78-76-74-72-70-68-66-64-62-60-58-56-54-52-50-48-46-44-42-40-38-36-34-32-30-28-26-24-22-20-18-16-14-12-10-8-6-4-2/h1-2H2. The number of rotatable bonds is 0. The molecule has 0 fully saturated rings. The SMILES string of the molecule is C=C=C=C=C=C=C=C=C=C=C=C=C=C=C=C=C=C=C=C=C=C=C=C=C=C=C=C=C=C=C=C=C=C=C=C=C=C=C=C=C=C=C=C=C=C=C=C=C=C=C=C=C=C=C=C=C=C=C=C=C=C=C=C=C=C=C=C=C=C=C=C=C=C=C=C=C=C=C=C=C=C=C=C=C=C=C=C=C=C=C=C=C. The van der Waals surface area contributed by atoms with Crippen LogP contribution in [0, 0.1) is 0 Å². The molecule has 0 spiro atoms. The molecule has 0 aliphatic rings. The molecule has 0 aromatic carbocycles. The van der Waals surface area contributed by atoms with E-state index in [1.165, 1.54) is 0 Å². The first kappa shape index (κ1) is 72.7. The molecule has 0 radical (unpaired) electrons. The highest BCUT2D eigenvalue weighted by Crippen LogP contribution is 1.65. The van der Waals surface area contributed by atoms with Gasteiger partial charge in [-0.15, -0.1) is 0 Å². The minimum absolute atomic E-state index is 2.37. The van der Waals surface area contributed by atoms with E-state index in [-0.39, 0.29) is 0 Å².